The van der Waals surface area contributed by atoms with Crippen molar-refractivity contribution in [1.29, 1.82) is 0 Å². The Morgan fingerprint density at radius 1 is 1.10 bits per heavy atom. The summed E-state index contributed by atoms with van der Waals surface area (Å²) in [7, 11) is 3.14. The van der Waals surface area contributed by atoms with E-state index in [-0.39, 0.29) is 11.8 Å². The summed E-state index contributed by atoms with van der Waals surface area (Å²) in [5, 5.41) is 10.6. The SMILES string of the molecule is COc1ccc(-c2n[nH]c(C3CCOCC3)c2NC(=O)c2ccc(F)cc2)cc1OC. The third-order valence-electron chi connectivity index (χ3n) is 5.43. The Balaban J connectivity index is 1.74. The zero-order valence-corrected chi connectivity index (χ0v) is 17.4. The number of aromatic amines is 1. The van der Waals surface area contributed by atoms with Gasteiger partial charge in [0.05, 0.1) is 25.6 Å². The Morgan fingerprint density at radius 2 is 1.81 bits per heavy atom. The molecule has 7 nitrogen and oxygen atoms in total. The number of aromatic nitrogens is 2. The number of carbonyl (C=O) groups is 1. The second kappa shape index (κ2) is 9.18. The molecular weight excluding hydrogens is 401 g/mol. The van der Waals surface area contributed by atoms with Crippen LogP contribution in [-0.4, -0.2) is 43.5 Å². The highest BCUT2D eigenvalue weighted by molar-refractivity contribution is 6.06. The zero-order chi connectivity index (χ0) is 21.8. The topological polar surface area (TPSA) is 85.5 Å². The maximum atomic E-state index is 13.3. The van der Waals surface area contributed by atoms with E-state index in [1.54, 1.807) is 20.3 Å². The molecule has 0 unspecified atom stereocenters. The second-order valence-electron chi connectivity index (χ2n) is 7.28. The lowest BCUT2D eigenvalue weighted by atomic mass is 9.94. The molecule has 1 fully saturated rings. The first-order valence-corrected chi connectivity index (χ1v) is 10.1. The molecule has 0 aliphatic carbocycles. The minimum atomic E-state index is -0.395. The van der Waals surface area contributed by atoms with Crippen LogP contribution in [-0.2, 0) is 4.74 Å². The van der Waals surface area contributed by atoms with Gasteiger partial charge in [0.25, 0.3) is 5.91 Å². The fourth-order valence-electron chi connectivity index (χ4n) is 3.74. The van der Waals surface area contributed by atoms with Crippen LogP contribution in [0, 0.1) is 5.82 Å². The first-order valence-electron chi connectivity index (χ1n) is 10.1. The number of halogens is 1. The first-order chi connectivity index (χ1) is 15.1. The summed E-state index contributed by atoms with van der Waals surface area (Å²) in [5.74, 6) is 0.610. The lowest BCUT2D eigenvalue weighted by Crippen LogP contribution is -2.18. The number of ether oxygens (including phenoxy) is 3. The van der Waals surface area contributed by atoms with Crippen LogP contribution in [0.3, 0.4) is 0 Å². The maximum absolute atomic E-state index is 13.3. The van der Waals surface area contributed by atoms with E-state index in [4.69, 9.17) is 14.2 Å². The van der Waals surface area contributed by atoms with Gasteiger partial charge in [0.15, 0.2) is 11.5 Å². The van der Waals surface area contributed by atoms with Crippen LogP contribution in [0.1, 0.15) is 34.8 Å². The summed E-state index contributed by atoms with van der Waals surface area (Å²) < 4.78 is 29.5. The second-order valence-corrected chi connectivity index (χ2v) is 7.28. The van der Waals surface area contributed by atoms with Crippen LogP contribution in [0.4, 0.5) is 10.1 Å². The molecule has 4 rings (SSSR count). The van der Waals surface area contributed by atoms with Crippen molar-refractivity contribution in [3.05, 3.63) is 59.5 Å². The Kier molecular flexibility index (Phi) is 6.18. The summed E-state index contributed by atoms with van der Waals surface area (Å²) >= 11 is 0. The van der Waals surface area contributed by atoms with Crippen LogP contribution in [0.5, 0.6) is 11.5 Å². The van der Waals surface area contributed by atoms with Gasteiger partial charge in [-0.2, -0.15) is 5.10 Å². The van der Waals surface area contributed by atoms with Gasteiger partial charge in [0.2, 0.25) is 0 Å². The average molecular weight is 425 g/mol. The van der Waals surface area contributed by atoms with E-state index in [0.717, 1.165) is 24.1 Å². The molecule has 0 atom stereocenters. The largest absolute Gasteiger partial charge is 0.493 e. The molecule has 0 saturated carbocycles. The highest BCUT2D eigenvalue weighted by Crippen LogP contribution is 2.39. The van der Waals surface area contributed by atoms with Crippen molar-refractivity contribution in [3.8, 4) is 22.8 Å². The summed E-state index contributed by atoms with van der Waals surface area (Å²) in [6.07, 6.45) is 1.65. The lowest BCUT2D eigenvalue weighted by molar-refractivity contribution is 0.0846. The molecule has 2 N–H and O–H groups in total. The summed E-state index contributed by atoms with van der Waals surface area (Å²) in [6.45, 7) is 1.31. The van der Waals surface area contributed by atoms with Crippen LogP contribution < -0.4 is 14.8 Å². The van der Waals surface area contributed by atoms with E-state index in [2.05, 4.69) is 15.5 Å². The molecule has 0 radical (unpaired) electrons. The third-order valence-corrected chi connectivity index (χ3v) is 5.43. The van der Waals surface area contributed by atoms with Crippen molar-refractivity contribution in [3.63, 3.8) is 0 Å². The molecular formula is C23H24FN3O4. The number of nitrogens with one attached hydrogen (secondary N) is 2. The predicted octanol–water partition coefficient (Wildman–Crippen LogP) is 4.38. The molecule has 1 amide bonds. The molecule has 3 aromatic rings. The zero-order valence-electron chi connectivity index (χ0n) is 17.4. The van der Waals surface area contributed by atoms with Gasteiger partial charge >= 0.3 is 0 Å². The normalized spacial score (nSPS) is 14.3. The minimum absolute atomic E-state index is 0.179. The number of amides is 1. The molecule has 8 heteroatoms. The number of rotatable bonds is 6. The number of benzene rings is 2. The van der Waals surface area contributed by atoms with Gasteiger partial charge in [-0.25, -0.2) is 4.39 Å². The van der Waals surface area contributed by atoms with Crippen molar-refractivity contribution < 1.29 is 23.4 Å². The quantitative estimate of drug-likeness (QED) is 0.612. The Bertz CT molecular complexity index is 1060. The Morgan fingerprint density at radius 3 is 2.48 bits per heavy atom. The highest BCUT2D eigenvalue weighted by Gasteiger charge is 2.26. The lowest BCUT2D eigenvalue weighted by Gasteiger charge is -2.22. The molecule has 1 aliphatic rings. The van der Waals surface area contributed by atoms with Crippen LogP contribution in [0.25, 0.3) is 11.3 Å². The monoisotopic (exact) mass is 425 g/mol. The number of carbonyl (C=O) groups excluding carboxylic acids is 1. The number of nitrogens with zero attached hydrogens (tertiary/aromatic N) is 1. The number of hydrogen-bond acceptors (Lipinski definition) is 5. The summed E-state index contributed by atoms with van der Waals surface area (Å²) in [4.78, 5) is 12.9. The standard InChI is InChI=1S/C23H24FN3O4/c1-29-18-8-5-16(13-19(18)30-2)21-22(20(26-27-21)14-9-11-31-12-10-14)25-23(28)15-3-6-17(24)7-4-15/h3-8,13-14H,9-12H2,1-2H3,(H,25,28)(H,26,27). The molecule has 1 aliphatic heterocycles. The van der Waals surface area contributed by atoms with Gasteiger partial charge in [0.1, 0.15) is 11.5 Å². The van der Waals surface area contributed by atoms with E-state index in [1.165, 1.54) is 24.3 Å². The summed E-state index contributed by atoms with van der Waals surface area (Å²) in [5.41, 5.74) is 3.18. The van der Waals surface area contributed by atoms with Gasteiger partial charge in [0, 0.05) is 30.3 Å². The molecule has 2 heterocycles. The summed E-state index contributed by atoms with van der Waals surface area (Å²) in [6, 6.07) is 10.9. The van der Waals surface area contributed by atoms with Gasteiger partial charge in [-0.05, 0) is 55.3 Å². The first kappa shape index (κ1) is 20.9. The fourth-order valence-corrected chi connectivity index (χ4v) is 3.74. The molecule has 1 aromatic heterocycles. The number of methoxy groups -OCH3 is 2. The van der Waals surface area contributed by atoms with E-state index < -0.39 is 5.82 Å². The van der Waals surface area contributed by atoms with Gasteiger partial charge in [-0.3, -0.25) is 9.89 Å². The molecule has 2 aromatic carbocycles. The minimum Gasteiger partial charge on any atom is -0.493 e. The van der Waals surface area contributed by atoms with E-state index >= 15 is 0 Å². The predicted molar refractivity (Wildman–Crippen MR) is 114 cm³/mol. The molecule has 0 spiro atoms. The van der Waals surface area contributed by atoms with E-state index in [1.807, 2.05) is 12.1 Å². The van der Waals surface area contributed by atoms with Crippen molar-refractivity contribution in [1.82, 2.24) is 10.2 Å². The molecule has 1 saturated heterocycles. The Labute approximate surface area is 179 Å². The molecule has 0 bridgehead atoms. The molecule has 31 heavy (non-hydrogen) atoms. The van der Waals surface area contributed by atoms with Gasteiger partial charge < -0.3 is 19.5 Å². The van der Waals surface area contributed by atoms with Crippen molar-refractivity contribution in [2.24, 2.45) is 0 Å². The average Bonchev–Trinajstić information content (AvgIpc) is 3.23. The number of hydrogen-bond donors (Lipinski definition) is 2. The molecule has 162 valence electrons. The van der Waals surface area contributed by atoms with Crippen molar-refractivity contribution >= 4 is 11.6 Å². The number of H-pyrrole nitrogens is 1. The third kappa shape index (κ3) is 4.39. The maximum Gasteiger partial charge on any atom is 0.255 e. The highest BCUT2D eigenvalue weighted by atomic mass is 19.1. The van der Waals surface area contributed by atoms with E-state index in [9.17, 15) is 9.18 Å². The van der Waals surface area contributed by atoms with Gasteiger partial charge in [-0.15, -0.1) is 0 Å². The number of anilines is 1. The van der Waals surface area contributed by atoms with Crippen molar-refractivity contribution in [2.75, 3.05) is 32.8 Å². The van der Waals surface area contributed by atoms with Crippen molar-refractivity contribution in [2.45, 2.75) is 18.8 Å². The van der Waals surface area contributed by atoms with Crippen LogP contribution in [0.2, 0.25) is 0 Å². The smallest absolute Gasteiger partial charge is 0.255 e. The van der Waals surface area contributed by atoms with E-state index in [0.29, 0.717) is 41.7 Å². The van der Waals surface area contributed by atoms with Crippen LogP contribution in [0.15, 0.2) is 42.5 Å². The Hall–Kier alpha value is -3.39. The van der Waals surface area contributed by atoms with Gasteiger partial charge in [-0.1, -0.05) is 0 Å². The van der Waals surface area contributed by atoms with Crippen LogP contribution >= 0.6 is 0 Å². The fraction of sp³-hybridized carbons (Fsp3) is 0.304.